The van der Waals surface area contributed by atoms with Gasteiger partial charge in [0.2, 0.25) is 11.7 Å². The molecule has 0 radical (unpaired) electrons. The molecule has 0 bridgehead atoms. The molecule has 0 aliphatic carbocycles. The van der Waals surface area contributed by atoms with Gasteiger partial charge >= 0.3 is 0 Å². The number of methoxy groups -OCH3 is 3. The van der Waals surface area contributed by atoms with Crippen LogP contribution >= 0.6 is 0 Å². The molecule has 1 heterocycles. The van der Waals surface area contributed by atoms with Gasteiger partial charge in [-0.15, -0.1) is 0 Å². The second-order valence-corrected chi connectivity index (χ2v) is 6.95. The lowest BCUT2D eigenvalue weighted by atomic mass is 9.95. The fraction of sp³-hybridized carbons (Fsp3) is 0.364. The highest BCUT2D eigenvalue weighted by atomic mass is 19.1. The number of ether oxygens (including phenoxy) is 3. The van der Waals surface area contributed by atoms with Crippen molar-refractivity contribution in [1.82, 2.24) is 4.90 Å². The van der Waals surface area contributed by atoms with Crippen molar-refractivity contribution >= 4 is 17.5 Å². The number of benzene rings is 2. The zero-order valence-electron chi connectivity index (χ0n) is 17.2. The normalized spacial score (nSPS) is 14.2. The summed E-state index contributed by atoms with van der Waals surface area (Å²) in [6.07, 6.45) is 0.993. The molecule has 8 heteroatoms. The second kappa shape index (κ2) is 9.47. The smallest absolute Gasteiger partial charge is 0.254 e. The highest BCUT2D eigenvalue weighted by molar-refractivity contribution is 5.96. The first-order chi connectivity index (χ1) is 14.5. The molecule has 0 atom stereocenters. The zero-order chi connectivity index (χ0) is 21.7. The minimum atomic E-state index is -0.471. The lowest BCUT2D eigenvalue weighted by molar-refractivity contribution is -0.121. The number of amides is 2. The molecule has 1 N–H and O–H groups in total. The van der Waals surface area contributed by atoms with E-state index in [1.165, 1.54) is 33.5 Å². The fourth-order valence-corrected chi connectivity index (χ4v) is 3.53. The molecular weight excluding hydrogens is 391 g/mol. The molecule has 0 unspecified atom stereocenters. The van der Waals surface area contributed by atoms with E-state index in [0.29, 0.717) is 48.7 Å². The number of nitrogens with one attached hydrogen (secondary N) is 1. The van der Waals surface area contributed by atoms with Crippen LogP contribution in [0.2, 0.25) is 0 Å². The minimum absolute atomic E-state index is 0.165. The molecule has 7 nitrogen and oxygen atoms in total. The third-order valence-corrected chi connectivity index (χ3v) is 5.20. The first-order valence-corrected chi connectivity index (χ1v) is 9.63. The maximum atomic E-state index is 13.8. The number of carbonyl (C=O) groups excluding carboxylic acids is 2. The third kappa shape index (κ3) is 4.48. The van der Waals surface area contributed by atoms with Crippen molar-refractivity contribution in [3.05, 3.63) is 47.8 Å². The van der Waals surface area contributed by atoms with Crippen molar-refractivity contribution in [2.75, 3.05) is 39.7 Å². The molecule has 1 aliphatic rings. The largest absolute Gasteiger partial charge is 0.493 e. The van der Waals surface area contributed by atoms with Crippen LogP contribution in [-0.2, 0) is 4.79 Å². The van der Waals surface area contributed by atoms with Crippen molar-refractivity contribution in [3.8, 4) is 17.2 Å². The van der Waals surface area contributed by atoms with Crippen LogP contribution < -0.4 is 19.5 Å². The summed E-state index contributed by atoms with van der Waals surface area (Å²) in [5, 5.41) is 2.63. The summed E-state index contributed by atoms with van der Waals surface area (Å²) in [6, 6.07) is 9.28. The van der Waals surface area contributed by atoms with Crippen LogP contribution in [0.25, 0.3) is 0 Å². The highest BCUT2D eigenvalue weighted by Crippen LogP contribution is 2.38. The molecule has 1 saturated heterocycles. The Balaban J connectivity index is 1.65. The van der Waals surface area contributed by atoms with Crippen LogP contribution in [0.5, 0.6) is 17.2 Å². The van der Waals surface area contributed by atoms with Crippen LogP contribution in [0, 0.1) is 11.7 Å². The minimum Gasteiger partial charge on any atom is -0.493 e. The van der Waals surface area contributed by atoms with Gasteiger partial charge in [0.15, 0.2) is 11.5 Å². The fourth-order valence-electron chi connectivity index (χ4n) is 3.53. The van der Waals surface area contributed by atoms with Gasteiger partial charge in [-0.1, -0.05) is 12.1 Å². The standard InChI is InChI=1S/C22H25FN2O5/c1-28-18-12-15(13-19(29-2)20(18)30-3)22(27)25-10-8-14(9-11-25)21(26)24-17-7-5-4-6-16(17)23/h4-7,12-14H,8-11H2,1-3H3,(H,24,26). The summed E-state index contributed by atoms with van der Waals surface area (Å²) < 4.78 is 29.7. The van der Waals surface area contributed by atoms with Crippen molar-refractivity contribution < 1.29 is 28.2 Å². The van der Waals surface area contributed by atoms with Crippen LogP contribution in [0.15, 0.2) is 36.4 Å². The Morgan fingerprint density at radius 2 is 1.60 bits per heavy atom. The first-order valence-electron chi connectivity index (χ1n) is 9.63. The van der Waals surface area contributed by atoms with E-state index in [9.17, 15) is 14.0 Å². The monoisotopic (exact) mass is 416 g/mol. The Bertz CT molecular complexity index is 900. The van der Waals surface area contributed by atoms with Gasteiger partial charge < -0.3 is 24.4 Å². The van der Waals surface area contributed by atoms with Crippen LogP contribution in [-0.4, -0.2) is 51.1 Å². The third-order valence-electron chi connectivity index (χ3n) is 5.20. The summed E-state index contributed by atoms with van der Waals surface area (Å²) in [7, 11) is 4.48. The lowest BCUT2D eigenvalue weighted by Crippen LogP contribution is -2.41. The Morgan fingerprint density at radius 3 is 2.13 bits per heavy atom. The van der Waals surface area contributed by atoms with E-state index < -0.39 is 5.82 Å². The molecule has 1 aliphatic heterocycles. The molecule has 0 saturated carbocycles. The number of hydrogen-bond acceptors (Lipinski definition) is 5. The van der Waals surface area contributed by atoms with Gasteiger partial charge in [-0.2, -0.15) is 0 Å². The molecule has 30 heavy (non-hydrogen) atoms. The quantitative estimate of drug-likeness (QED) is 0.782. The Kier molecular flexibility index (Phi) is 6.76. The predicted octanol–water partition coefficient (Wildman–Crippen LogP) is 3.34. The van der Waals surface area contributed by atoms with E-state index in [-0.39, 0.29) is 23.4 Å². The lowest BCUT2D eigenvalue weighted by Gasteiger charge is -2.31. The molecular formula is C22H25FN2O5. The van der Waals surface area contributed by atoms with Gasteiger partial charge in [-0.3, -0.25) is 9.59 Å². The summed E-state index contributed by atoms with van der Waals surface area (Å²) in [5.74, 6) is 0.0513. The zero-order valence-corrected chi connectivity index (χ0v) is 17.2. The van der Waals surface area contributed by atoms with Crippen molar-refractivity contribution in [2.24, 2.45) is 5.92 Å². The maximum absolute atomic E-state index is 13.8. The van der Waals surface area contributed by atoms with Crippen LogP contribution in [0.1, 0.15) is 23.2 Å². The molecule has 2 amide bonds. The summed E-state index contributed by atoms with van der Waals surface area (Å²) in [4.78, 5) is 27.1. The van der Waals surface area contributed by atoms with Crippen molar-refractivity contribution in [3.63, 3.8) is 0 Å². The van der Waals surface area contributed by atoms with Crippen molar-refractivity contribution in [1.29, 1.82) is 0 Å². The Morgan fingerprint density at radius 1 is 1.00 bits per heavy atom. The molecule has 3 rings (SSSR count). The van der Waals surface area contributed by atoms with E-state index in [2.05, 4.69) is 5.32 Å². The van der Waals surface area contributed by atoms with Gasteiger partial charge in [0.1, 0.15) is 5.82 Å². The van der Waals surface area contributed by atoms with E-state index >= 15 is 0 Å². The number of piperidine rings is 1. The number of likely N-dealkylation sites (tertiary alicyclic amines) is 1. The average Bonchev–Trinajstić information content (AvgIpc) is 2.79. The van der Waals surface area contributed by atoms with Gasteiger partial charge in [-0.25, -0.2) is 4.39 Å². The molecule has 2 aromatic carbocycles. The topological polar surface area (TPSA) is 77.1 Å². The highest BCUT2D eigenvalue weighted by Gasteiger charge is 2.29. The number of hydrogen-bond donors (Lipinski definition) is 1. The van der Waals surface area contributed by atoms with Crippen LogP contribution in [0.3, 0.4) is 0 Å². The molecule has 2 aromatic rings. The van der Waals surface area contributed by atoms with Crippen molar-refractivity contribution in [2.45, 2.75) is 12.8 Å². The molecule has 0 spiro atoms. The number of nitrogens with zero attached hydrogens (tertiary/aromatic N) is 1. The summed E-state index contributed by atoms with van der Waals surface area (Å²) in [6.45, 7) is 0.843. The number of carbonyl (C=O) groups is 2. The summed E-state index contributed by atoms with van der Waals surface area (Å²) in [5.41, 5.74) is 0.581. The Hall–Kier alpha value is -3.29. The molecule has 160 valence electrons. The van der Waals surface area contributed by atoms with E-state index in [0.717, 1.165) is 0 Å². The van der Waals surface area contributed by atoms with E-state index in [4.69, 9.17) is 14.2 Å². The predicted molar refractivity (Wildman–Crippen MR) is 110 cm³/mol. The van der Waals surface area contributed by atoms with Gasteiger partial charge in [-0.05, 0) is 37.1 Å². The number of para-hydroxylation sites is 1. The summed E-state index contributed by atoms with van der Waals surface area (Å²) >= 11 is 0. The second-order valence-electron chi connectivity index (χ2n) is 6.95. The molecule has 0 aromatic heterocycles. The van der Waals surface area contributed by atoms with Crippen LogP contribution in [0.4, 0.5) is 10.1 Å². The van der Waals surface area contributed by atoms with E-state index in [1.807, 2.05) is 0 Å². The van der Waals surface area contributed by atoms with Gasteiger partial charge in [0.05, 0.1) is 27.0 Å². The maximum Gasteiger partial charge on any atom is 0.254 e. The SMILES string of the molecule is COc1cc(C(=O)N2CCC(C(=O)Nc3ccccc3F)CC2)cc(OC)c1OC. The molecule has 1 fully saturated rings. The average molecular weight is 416 g/mol. The first kappa shape index (κ1) is 21.4. The number of rotatable bonds is 6. The number of halogens is 1. The van der Waals surface area contributed by atoms with Gasteiger partial charge in [0.25, 0.3) is 5.91 Å². The van der Waals surface area contributed by atoms with E-state index in [1.54, 1.807) is 29.2 Å². The van der Waals surface area contributed by atoms with Gasteiger partial charge in [0, 0.05) is 24.6 Å². The number of anilines is 1. The Labute approximate surface area is 174 Å².